The van der Waals surface area contributed by atoms with E-state index in [1.807, 2.05) is 6.92 Å². The minimum atomic E-state index is -0.583. The van der Waals surface area contributed by atoms with Gasteiger partial charge in [0.1, 0.15) is 5.38 Å². The first-order valence-corrected chi connectivity index (χ1v) is 5.24. The summed E-state index contributed by atoms with van der Waals surface area (Å²) in [6.07, 6.45) is 0. The Balaban J connectivity index is 2.96. The molecule has 1 unspecified atom stereocenters. The second-order valence-corrected chi connectivity index (χ2v) is 4.36. The summed E-state index contributed by atoms with van der Waals surface area (Å²) >= 11 is 11.5. The van der Waals surface area contributed by atoms with E-state index in [0.29, 0.717) is 16.4 Å². The Morgan fingerprint density at radius 2 is 2.13 bits per heavy atom. The lowest BCUT2D eigenvalue weighted by Gasteiger charge is -2.11. The fourth-order valence-corrected chi connectivity index (χ4v) is 1.29. The van der Waals surface area contributed by atoms with Crippen molar-refractivity contribution in [2.24, 2.45) is 0 Å². The van der Waals surface area contributed by atoms with Crippen LogP contribution in [-0.4, -0.2) is 11.3 Å². The predicted octanol–water partition coefficient (Wildman–Crippen LogP) is 2.80. The Labute approximate surface area is 98.5 Å². The zero-order chi connectivity index (χ0) is 11.6. The van der Waals surface area contributed by atoms with Crippen molar-refractivity contribution < 1.29 is 4.79 Å². The third kappa shape index (κ3) is 3.01. The van der Waals surface area contributed by atoms with Crippen LogP contribution in [0.1, 0.15) is 12.5 Å². The lowest BCUT2D eigenvalue weighted by molar-refractivity contribution is -0.115. The van der Waals surface area contributed by atoms with Crippen molar-refractivity contribution in [2.45, 2.75) is 19.2 Å². The Morgan fingerprint density at radius 1 is 1.53 bits per heavy atom. The Morgan fingerprint density at radius 3 is 2.67 bits per heavy atom. The molecule has 0 bridgehead atoms. The Bertz CT molecular complexity index is 391. The molecule has 0 aliphatic rings. The van der Waals surface area contributed by atoms with Crippen LogP contribution in [-0.2, 0) is 4.79 Å². The van der Waals surface area contributed by atoms with Crippen molar-refractivity contribution >= 4 is 40.5 Å². The first-order valence-electron chi connectivity index (χ1n) is 4.42. The summed E-state index contributed by atoms with van der Waals surface area (Å²) in [5, 5.41) is 2.50. The zero-order valence-electron chi connectivity index (χ0n) is 8.47. The average Bonchev–Trinajstić information content (AvgIpc) is 2.13. The summed E-state index contributed by atoms with van der Waals surface area (Å²) in [5.41, 5.74) is 7.58. The zero-order valence-corrected chi connectivity index (χ0v) is 9.99. The number of nitrogens with two attached hydrogens (primary N) is 1. The van der Waals surface area contributed by atoms with Crippen LogP contribution in [0.15, 0.2) is 12.1 Å². The maximum atomic E-state index is 11.3. The van der Waals surface area contributed by atoms with E-state index < -0.39 is 5.38 Å². The Hall–Kier alpha value is -0.930. The molecule has 1 aromatic rings. The molecule has 0 radical (unpaired) electrons. The molecule has 1 aromatic carbocycles. The van der Waals surface area contributed by atoms with Gasteiger partial charge in [0.15, 0.2) is 0 Å². The number of amides is 1. The number of benzene rings is 1. The molecular formula is C10H12Cl2N2O. The number of alkyl halides is 1. The van der Waals surface area contributed by atoms with Crippen molar-refractivity contribution in [2.75, 3.05) is 11.1 Å². The predicted molar refractivity (Wildman–Crippen MR) is 64.5 cm³/mol. The van der Waals surface area contributed by atoms with Crippen LogP contribution >= 0.6 is 23.2 Å². The number of halogens is 2. The van der Waals surface area contributed by atoms with Gasteiger partial charge in [0.05, 0.1) is 10.7 Å². The summed E-state index contributed by atoms with van der Waals surface area (Å²) in [6.45, 7) is 3.44. The van der Waals surface area contributed by atoms with Gasteiger partial charge in [0.25, 0.3) is 0 Å². The number of anilines is 2. The first kappa shape index (κ1) is 12.1. The van der Waals surface area contributed by atoms with E-state index >= 15 is 0 Å². The van der Waals surface area contributed by atoms with Crippen LogP contribution in [0.25, 0.3) is 0 Å². The normalized spacial score (nSPS) is 12.3. The highest BCUT2D eigenvalue weighted by molar-refractivity contribution is 6.34. The van der Waals surface area contributed by atoms with E-state index in [1.54, 1.807) is 19.1 Å². The minimum Gasteiger partial charge on any atom is -0.398 e. The number of aryl methyl sites for hydroxylation is 1. The molecule has 1 atom stereocenters. The van der Waals surface area contributed by atoms with Gasteiger partial charge in [0, 0.05) is 5.69 Å². The third-order valence-corrected chi connectivity index (χ3v) is 2.49. The highest BCUT2D eigenvalue weighted by atomic mass is 35.5. The van der Waals surface area contributed by atoms with Crippen LogP contribution in [0, 0.1) is 6.92 Å². The van der Waals surface area contributed by atoms with Gasteiger partial charge in [-0.15, -0.1) is 11.6 Å². The van der Waals surface area contributed by atoms with Crippen LogP contribution in [0.5, 0.6) is 0 Å². The van der Waals surface area contributed by atoms with Crippen molar-refractivity contribution in [3.8, 4) is 0 Å². The molecular weight excluding hydrogens is 235 g/mol. The van der Waals surface area contributed by atoms with Gasteiger partial charge < -0.3 is 11.1 Å². The number of rotatable bonds is 2. The lowest BCUT2D eigenvalue weighted by Crippen LogP contribution is -2.20. The van der Waals surface area contributed by atoms with E-state index in [2.05, 4.69) is 5.32 Å². The Kier molecular flexibility index (Phi) is 3.83. The van der Waals surface area contributed by atoms with Crippen molar-refractivity contribution in [3.63, 3.8) is 0 Å². The molecule has 3 nitrogen and oxygen atoms in total. The standard InChI is InChI=1S/C10H12Cl2N2O/c1-5-3-8(13)7(12)4-9(5)14-10(15)6(2)11/h3-4,6H,13H2,1-2H3,(H,14,15). The highest BCUT2D eigenvalue weighted by Crippen LogP contribution is 2.26. The molecule has 0 saturated heterocycles. The van der Waals surface area contributed by atoms with E-state index in [9.17, 15) is 4.79 Å². The molecule has 0 fully saturated rings. The molecule has 15 heavy (non-hydrogen) atoms. The molecule has 0 aliphatic heterocycles. The second-order valence-electron chi connectivity index (χ2n) is 3.29. The largest absolute Gasteiger partial charge is 0.398 e. The van der Waals surface area contributed by atoms with Gasteiger partial charge in [-0.2, -0.15) is 0 Å². The first-order chi connectivity index (χ1) is 6.91. The SMILES string of the molecule is Cc1cc(N)c(Cl)cc1NC(=O)C(C)Cl. The molecule has 0 aromatic heterocycles. The second kappa shape index (κ2) is 4.73. The van der Waals surface area contributed by atoms with Crippen LogP contribution in [0.3, 0.4) is 0 Å². The fraction of sp³-hybridized carbons (Fsp3) is 0.300. The number of carbonyl (C=O) groups excluding carboxylic acids is 1. The van der Waals surface area contributed by atoms with Gasteiger partial charge in [0.2, 0.25) is 5.91 Å². The summed E-state index contributed by atoms with van der Waals surface area (Å²) in [4.78, 5) is 11.3. The van der Waals surface area contributed by atoms with Crippen LogP contribution in [0.4, 0.5) is 11.4 Å². The van der Waals surface area contributed by atoms with Crippen LogP contribution in [0.2, 0.25) is 5.02 Å². The van der Waals surface area contributed by atoms with Crippen molar-refractivity contribution in [3.05, 3.63) is 22.7 Å². The maximum absolute atomic E-state index is 11.3. The van der Waals surface area contributed by atoms with Crippen LogP contribution < -0.4 is 11.1 Å². The molecule has 0 heterocycles. The number of hydrogen-bond acceptors (Lipinski definition) is 2. The van der Waals surface area contributed by atoms with Gasteiger partial charge in [-0.25, -0.2) is 0 Å². The minimum absolute atomic E-state index is 0.263. The van der Waals surface area contributed by atoms with E-state index in [4.69, 9.17) is 28.9 Å². The molecule has 0 aliphatic carbocycles. The fourth-order valence-electron chi connectivity index (χ4n) is 1.07. The monoisotopic (exact) mass is 246 g/mol. The summed E-state index contributed by atoms with van der Waals surface area (Å²) in [7, 11) is 0. The maximum Gasteiger partial charge on any atom is 0.242 e. The highest BCUT2D eigenvalue weighted by Gasteiger charge is 2.11. The van der Waals surface area contributed by atoms with Gasteiger partial charge in [-0.05, 0) is 31.5 Å². The molecule has 1 rings (SSSR count). The number of nitrogens with one attached hydrogen (secondary N) is 1. The number of carbonyl (C=O) groups is 1. The van der Waals surface area contributed by atoms with Gasteiger partial charge >= 0.3 is 0 Å². The van der Waals surface area contributed by atoms with E-state index in [1.165, 1.54) is 0 Å². The molecule has 0 saturated carbocycles. The topological polar surface area (TPSA) is 55.1 Å². The van der Waals surface area contributed by atoms with Crippen molar-refractivity contribution in [1.82, 2.24) is 0 Å². The molecule has 1 amide bonds. The van der Waals surface area contributed by atoms with E-state index in [-0.39, 0.29) is 5.91 Å². The van der Waals surface area contributed by atoms with Gasteiger partial charge in [-0.3, -0.25) is 4.79 Å². The summed E-state index contributed by atoms with van der Waals surface area (Å²) in [6, 6.07) is 3.32. The summed E-state index contributed by atoms with van der Waals surface area (Å²) < 4.78 is 0. The molecule has 5 heteroatoms. The van der Waals surface area contributed by atoms with Gasteiger partial charge in [-0.1, -0.05) is 11.6 Å². The average molecular weight is 247 g/mol. The smallest absolute Gasteiger partial charge is 0.242 e. The summed E-state index contributed by atoms with van der Waals surface area (Å²) in [5.74, 6) is -0.263. The quantitative estimate of drug-likeness (QED) is 0.623. The molecule has 0 spiro atoms. The molecule has 3 N–H and O–H groups in total. The lowest BCUT2D eigenvalue weighted by atomic mass is 10.1. The number of nitrogen functional groups attached to an aromatic ring is 1. The van der Waals surface area contributed by atoms with E-state index in [0.717, 1.165) is 5.56 Å². The third-order valence-electron chi connectivity index (χ3n) is 1.96. The molecule has 82 valence electrons. The number of hydrogen-bond donors (Lipinski definition) is 2. The van der Waals surface area contributed by atoms with Crippen molar-refractivity contribution in [1.29, 1.82) is 0 Å².